The summed E-state index contributed by atoms with van der Waals surface area (Å²) in [5, 5.41) is 5.36. The van der Waals surface area contributed by atoms with Crippen LogP contribution in [0.15, 0.2) is 4.79 Å². The molecule has 0 atom stereocenters. The monoisotopic (exact) mass is 210 g/mol. The van der Waals surface area contributed by atoms with Crippen molar-refractivity contribution in [3.8, 4) is 0 Å². The number of urea groups is 1. The molecule has 2 rings (SSSR count). The first kappa shape index (κ1) is 9.82. The van der Waals surface area contributed by atoms with Crippen molar-refractivity contribution < 1.29 is 4.79 Å². The Bertz CT molecular complexity index is 432. The van der Waals surface area contributed by atoms with E-state index in [-0.39, 0.29) is 11.6 Å². The minimum absolute atomic E-state index is 0.0544. The van der Waals surface area contributed by atoms with E-state index in [4.69, 9.17) is 0 Å². The standard InChI is InChI=1S/C9H14N4O2/c1-12(2)9(15)13-4-3-7-6(5-13)8(14)11-10-7/h3-5H2,1-2H3,(H2,10,11,14). The number of rotatable bonds is 0. The molecule has 0 unspecified atom stereocenters. The van der Waals surface area contributed by atoms with E-state index in [0.29, 0.717) is 25.1 Å². The van der Waals surface area contributed by atoms with E-state index >= 15 is 0 Å². The lowest BCUT2D eigenvalue weighted by molar-refractivity contribution is 0.165. The number of H-pyrrole nitrogens is 2. The molecule has 1 aliphatic rings. The Kier molecular flexibility index (Phi) is 2.26. The van der Waals surface area contributed by atoms with Gasteiger partial charge in [-0.3, -0.25) is 9.89 Å². The number of carbonyl (C=O) groups is 1. The lowest BCUT2D eigenvalue weighted by atomic mass is 10.1. The molecule has 0 bridgehead atoms. The smallest absolute Gasteiger partial charge is 0.319 e. The molecule has 0 fully saturated rings. The summed E-state index contributed by atoms with van der Waals surface area (Å²) in [7, 11) is 3.42. The number of amides is 2. The first-order valence-corrected chi connectivity index (χ1v) is 4.84. The molecule has 6 nitrogen and oxygen atoms in total. The third kappa shape index (κ3) is 1.62. The molecule has 82 valence electrons. The zero-order valence-electron chi connectivity index (χ0n) is 8.83. The minimum atomic E-state index is -0.124. The number of nitrogens with zero attached hydrogens (tertiary/aromatic N) is 2. The Balaban J connectivity index is 2.21. The maximum atomic E-state index is 11.7. The van der Waals surface area contributed by atoms with Crippen LogP contribution in [-0.4, -0.2) is 46.7 Å². The van der Waals surface area contributed by atoms with Crippen LogP contribution in [0.4, 0.5) is 4.79 Å². The molecule has 1 aromatic rings. The van der Waals surface area contributed by atoms with Crippen LogP contribution in [0.1, 0.15) is 11.3 Å². The highest BCUT2D eigenvalue weighted by atomic mass is 16.2. The van der Waals surface area contributed by atoms with Gasteiger partial charge in [0.1, 0.15) is 0 Å². The summed E-state index contributed by atoms with van der Waals surface area (Å²) in [6.07, 6.45) is 0.702. The van der Waals surface area contributed by atoms with Crippen LogP contribution < -0.4 is 5.56 Å². The average Bonchev–Trinajstić information content (AvgIpc) is 2.59. The number of hydrogen-bond acceptors (Lipinski definition) is 2. The fourth-order valence-electron chi connectivity index (χ4n) is 1.76. The van der Waals surface area contributed by atoms with Gasteiger partial charge in [0.2, 0.25) is 0 Å². The molecular weight excluding hydrogens is 196 g/mol. The second-order valence-electron chi connectivity index (χ2n) is 3.88. The Labute approximate surface area is 86.9 Å². The number of hydrogen-bond donors (Lipinski definition) is 2. The summed E-state index contributed by atoms with van der Waals surface area (Å²) in [6.45, 7) is 1.04. The quantitative estimate of drug-likeness (QED) is 0.619. The predicted molar refractivity (Wildman–Crippen MR) is 54.6 cm³/mol. The van der Waals surface area contributed by atoms with E-state index in [0.717, 1.165) is 5.69 Å². The molecule has 6 heteroatoms. The molecule has 2 heterocycles. The summed E-state index contributed by atoms with van der Waals surface area (Å²) in [5.74, 6) is 0. The molecule has 0 radical (unpaired) electrons. The summed E-state index contributed by atoms with van der Waals surface area (Å²) in [6, 6.07) is -0.0544. The molecule has 1 aliphatic heterocycles. The van der Waals surface area contributed by atoms with Crippen molar-refractivity contribution in [3.63, 3.8) is 0 Å². The minimum Gasteiger partial charge on any atom is -0.331 e. The highest BCUT2D eigenvalue weighted by molar-refractivity contribution is 5.74. The Morgan fingerprint density at radius 2 is 2.13 bits per heavy atom. The average molecular weight is 210 g/mol. The molecule has 0 aromatic carbocycles. The van der Waals surface area contributed by atoms with Crippen molar-refractivity contribution >= 4 is 6.03 Å². The van der Waals surface area contributed by atoms with Gasteiger partial charge in [0.15, 0.2) is 0 Å². The van der Waals surface area contributed by atoms with E-state index < -0.39 is 0 Å². The van der Waals surface area contributed by atoms with Crippen molar-refractivity contribution in [1.82, 2.24) is 20.0 Å². The lowest BCUT2D eigenvalue weighted by Gasteiger charge is -2.28. The maximum Gasteiger partial charge on any atom is 0.319 e. The van der Waals surface area contributed by atoms with Gasteiger partial charge < -0.3 is 14.9 Å². The fourth-order valence-corrected chi connectivity index (χ4v) is 1.76. The number of aromatic nitrogens is 2. The third-order valence-corrected chi connectivity index (χ3v) is 2.60. The summed E-state index contributed by atoms with van der Waals surface area (Å²) < 4.78 is 0. The van der Waals surface area contributed by atoms with Gasteiger partial charge in [-0.15, -0.1) is 0 Å². The van der Waals surface area contributed by atoms with E-state index in [1.54, 1.807) is 19.0 Å². The SMILES string of the molecule is CN(C)C(=O)N1CCc2[nH][nH]c(=O)c2C1. The molecule has 2 N–H and O–H groups in total. The van der Waals surface area contributed by atoms with Crippen LogP contribution in [0.3, 0.4) is 0 Å². The number of nitrogens with one attached hydrogen (secondary N) is 2. The Hall–Kier alpha value is -1.72. The number of carbonyl (C=O) groups excluding carboxylic acids is 1. The van der Waals surface area contributed by atoms with E-state index in [9.17, 15) is 9.59 Å². The van der Waals surface area contributed by atoms with Crippen molar-refractivity contribution in [2.45, 2.75) is 13.0 Å². The first-order valence-electron chi connectivity index (χ1n) is 4.84. The van der Waals surface area contributed by atoms with Crippen molar-refractivity contribution in [1.29, 1.82) is 0 Å². The van der Waals surface area contributed by atoms with Gasteiger partial charge in [-0.05, 0) is 0 Å². The summed E-state index contributed by atoms with van der Waals surface area (Å²) in [5.41, 5.74) is 1.47. The van der Waals surface area contributed by atoms with Crippen molar-refractivity contribution in [3.05, 3.63) is 21.6 Å². The summed E-state index contributed by atoms with van der Waals surface area (Å²) in [4.78, 5) is 26.2. The van der Waals surface area contributed by atoms with E-state index in [2.05, 4.69) is 10.2 Å². The molecule has 15 heavy (non-hydrogen) atoms. The van der Waals surface area contributed by atoms with Gasteiger partial charge in [0.05, 0.1) is 12.1 Å². The van der Waals surface area contributed by atoms with E-state index in [1.807, 2.05) is 0 Å². The number of fused-ring (bicyclic) bond motifs is 1. The van der Waals surface area contributed by atoms with Gasteiger partial charge in [-0.1, -0.05) is 0 Å². The highest BCUT2D eigenvalue weighted by Gasteiger charge is 2.24. The van der Waals surface area contributed by atoms with Crippen LogP contribution in [0.5, 0.6) is 0 Å². The second kappa shape index (κ2) is 3.45. The molecule has 0 aliphatic carbocycles. The molecular formula is C9H14N4O2. The molecule has 0 spiro atoms. The van der Waals surface area contributed by atoms with Gasteiger partial charge >= 0.3 is 6.03 Å². The Morgan fingerprint density at radius 3 is 2.80 bits per heavy atom. The molecule has 0 saturated carbocycles. The van der Waals surface area contributed by atoms with Gasteiger partial charge in [0, 0.05) is 32.8 Å². The van der Waals surface area contributed by atoms with E-state index in [1.165, 1.54) is 4.90 Å². The molecule has 0 saturated heterocycles. The highest BCUT2D eigenvalue weighted by Crippen LogP contribution is 2.13. The topological polar surface area (TPSA) is 72.2 Å². The zero-order valence-corrected chi connectivity index (χ0v) is 8.83. The normalized spacial score (nSPS) is 14.9. The fraction of sp³-hybridized carbons (Fsp3) is 0.556. The summed E-state index contributed by atoms with van der Waals surface area (Å²) >= 11 is 0. The number of aromatic amines is 2. The lowest BCUT2D eigenvalue weighted by Crippen LogP contribution is -2.42. The third-order valence-electron chi connectivity index (χ3n) is 2.60. The predicted octanol–water partition coefficient (Wildman–Crippen LogP) is -0.257. The Morgan fingerprint density at radius 1 is 1.40 bits per heavy atom. The zero-order chi connectivity index (χ0) is 11.0. The van der Waals surface area contributed by atoms with Crippen LogP contribution >= 0.6 is 0 Å². The maximum absolute atomic E-state index is 11.7. The van der Waals surface area contributed by atoms with Crippen LogP contribution in [0, 0.1) is 0 Å². The van der Waals surface area contributed by atoms with Crippen molar-refractivity contribution in [2.75, 3.05) is 20.6 Å². The van der Waals surface area contributed by atoms with Gasteiger partial charge in [0.25, 0.3) is 5.56 Å². The first-order chi connectivity index (χ1) is 7.09. The van der Waals surface area contributed by atoms with Crippen LogP contribution in [0.2, 0.25) is 0 Å². The van der Waals surface area contributed by atoms with Crippen molar-refractivity contribution in [2.24, 2.45) is 0 Å². The van der Waals surface area contributed by atoms with Gasteiger partial charge in [-0.25, -0.2) is 4.79 Å². The molecule has 2 amide bonds. The van der Waals surface area contributed by atoms with Gasteiger partial charge in [-0.2, -0.15) is 0 Å². The largest absolute Gasteiger partial charge is 0.331 e. The van der Waals surface area contributed by atoms with Crippen LogP contribution in [0.25, 0.3) is 0 Å². The second-order valence-corrected chi connectivity index (χ2v) is 3.88. The molecule has 1 aromatic heterocycles. The van der Waals surface area contributed by atoms with Crippen LogP contribution in [-0.2, 0) is 13.0 Å².